The lowest BCUT2D eigenvalue weighted by atomic mass is 9.86. The van der Waals surface area contributed by atoms with E-state index in [2.05, 4.69) is 14.9 Å². The zero-order valence-electron chi connectivity index (χ0n) is 16.4. The molecule has 0 saturated heterocycles. The van der Waals surface area contributed by atoms with Crippen molar-refractivity contribution in [1.29, 1.82) is 0 Å². The van der Waals surface area contributed by atoms with E-state index < -0.39 is 5.60 Å². The van der Waals surface area contributed by atoms with Gasteiger partial charge in [-0.05, 0) is 63.6 Å². The third kappa shape index (κ3) is 2.97. The van der Waals surface area contributed by atoms with Crippen LogP contribution in [0.15, 0.2) is 12.5 Å². The molecular formula is C21H27N3O3. The van der Waals surface area contributed by atoms with Gasteiger partial charge in [0, 0.05) is 24.2 Å². The predicted octanol–water partition coefficient (Wildman–Crippen LogP) is 3.25. The van der Waals surface area contributed by atoms with E-state index in [1.165, 1.54) is 12.8 Å². The van der Waals surface area contributed by atoms with Gasteiger partial charge in [-0.15, -0.1) is 0 Å². The summed E-state index contributed by atoms with van der Waals surface area (Å²) >= 11 is 0. The van der Waals surface area contributed by atoms with Crippen LogP contribution in [0.4, 0.5) is 0 Å². The summed E-state index contributed by atoms with van der Waals surface area (Å²) in [5, 5.41) is 13.3. The monoisotopic (exact) mass is 369 g/mol. The van der Waals surface area contributed by atoms with E-state index in [-0.39, 0.29) is 5.91 Å². The molecule has 2 N–H and O–H groups in total. The van der Waals surface area contributed by atoms with Crippen molar-refractivity contribution in [2.24, 2.45) is 0 Å². The topological polar surface area (TPSA) is 76.4 Å². The van der Waals surface area contributed by atoms with Gasteiger partial charge >= 0.3 is 0 Å². The fourth-order valence-electron chi connectivity index (χ4n) is 3.92. The number of nitrogens with zero attached hydrogens (tertiary/aromatic N) is 2. The molecule has 0 radical (unpaired) electrons. The van der Waals surface area contributed by atoms with Gasteiger partial charge in [0.05, 0.1) is 18.6 Å². The normalized spacial score (nSPS) is 21.5. The maximum Gasteiger partial charge on any atom is 0.264 e. The Hall–Kier alpha value is -2.50. The van der Waals surface area contributed by atoms with Gasteiger partial charge in [0.15, 0.2) is 5.60 Å². The quantitative estimate of drug-likeness (QED) is 0.867. The van der Waals surface area contributed by atoms with E-state index in [0.717, 1.165) is 33.7 Å². The van der Waals surface area contributed by atoms with Crippen molar-refractivity contribution >= 4 is 5.91 Å². The number of aromatic hydroxyl groups is 1. The second-order valence-corrected chi connectivity index (χ2v) is 8.07. The first-order valence-electron chi connectivity index (χ1n) is 9.61. The Morgan fingerprint density at radius 1 is 1.33 bits per heavy atom. The summed E-state index contributed by atoms with van der Waals surface area (Å²) in [6.07, 6.45) is 7.31. The molecule has 1 aromatic carbocycles. The van der Waals surface area contributed by atoms with E-state index in [9.17, 15) is 9.90 Å². The van der Waals surface area contributed by atoms with Gasteiger partial charge in [-0.1, -0.05) is 0 Å². The highest BCUT2D eigenvalue weighted by Gasteiger charge is 2.40. The van der Waals surface area contributed by atoms with Gasteiger partial charge in [-0.2, -0.15) is 0 Å². The lowest BCUT2D eigenvalue weighted by Crippen LogP contribution is -2.51. The standard InChI is InChI=1S/C21H27N3O3/c1-12-13(2)19-17(14(3)18(12)25)7-8-21(4,27-19)20(26)23-10-16-9-22-11-24(16)15-5-6-15/h9,11,15,25H,5-8,10H2,1-4H3,(H,23,26)/t21-/m1/s1. The molecule has 2 aromatic rings. The Labute approximate surface area is 159 Å². The van der Waals surface area contributed by atoms with Gasteiger partial charge in [0.25, 0.3) is 5.91 Å². The summed E-state index contributed by atoms with van der Waals surface area (Å²) in [5.41, 5.74) is 3.68. The highest BCUT2D eigenvalue weighted by atomic mass is 16.5. The number of phenolic OH excluding ortho intramolecular Hbond substituents is 1. The largest absolute Gasteiger partial charge is 0.507 e. The number of imidazole rings is 1. The number of fused-ring (bicyclic) bond motifs is 1. The molecule has 1 amide bonds. The molecule has 1 saturated carbocycles. The van der Waals surface area contributed by atoms with Crippen molar-refractivity contribution in [2.75, 3.05) is 0 Å². The molecule has 144 valence electrons. The van der Waals surface area contributed by atoms with Crippen LogP contribution in [0.5, 0.6) is 11.5 Å². The molecule has 2 aliphatic rings. The van der Waals surface area contributed by atoms with Crippen LogP contribution in [0.2, 0.25) is 0 Å². The maximum atomic E-state index is 13.0. The number of nitrogens with one attached hydrogen (secondary N) is 1. The Balaban J connectivity index is 1.52. The first kappa shape index (κ1) is 17.9. The highest BCUT2D eigenvalue weighted by Crippen LogP contribution is 2.43. The molecule has 0 bridgehead atoms. The number of hydrogen-bond acceptors (Lipinski definition) is 4. The molecule has 1 aliphatic carbocycles. The summed E-state index contributed by atoms with van der Waals surface area (Å²) in [6.45, 7) is 8.03. The number of hydrogen-bond donors (Lipinski definition) is 2. The average Bonchev–Trinajstić information content (AvgIpc) is 3.40. The van der Waals surface area contributed by atoms with Crippen LogP contribution in [0.25, 0.3) is 0 Å². The van der Waals surface area contributed by atoms with Crippen LogP contribution >= 0.6 is 0 Å². The first-order valence-corrected chi connectivity index (χ1v) is 9.61. The molecule has 1 fully saturated rings. The number of carbonyl (C=O) groups is 1. The van der Waals surface area contributed by atoms with E-state index in [4.69, 9.17) is 4.74 Å². The number of phenols is 1. The number of benzene rings is 1. The Morgan fingerprint density at radius 3 is 2.78 bits per heavy atom. The third-order valence-corrected chi connectivity index (χ3v) is 6.12. The van der Waals surface area contributed by atoms with Gasteiger partial charge in [0.2, 0.25) is 0 Å². The van der Waals surface area contributed by atoms with Crippen LogP contribution in [0.3, 0.4) is 0 Å². The van der Waals surface area contributed by atoms with E-state index in [1.807, 2.05) is 40.2 Å². The summed E-state index contributed by atoms with van der Waals surface area (Å²) in [4.78, 5) is 17.2. The van der Waals surface area contributed by atoms with Crippen molar-refractivity contribution in [3.63, 3.8) is 0 Å². The molecule has 27 heavy (non-hydrogen) atoms. The molecule has 0 spiro atoms. The van der Waals surface area contributed by atoms with E-state index >= 15 is 0 Å². The third-order valence-electron chi connectivity index (χ3n) is 6.12. The zero-order chi connectivity index (χ0) is 19.3. The van der Waals surface area contributed by atoms with Crippen LogP contribution in [0, 0.1) is 20.8 Å². The van der Waals surface area contributed by atoms with Crippen molar-refractivity contribution in [1.82, 2.24) is 14.9 Å². The lowest BCUT2D eigenvalue weighted by Gasteiger charge is -2.36. The van der Waals surface area contributed by atoms with Gasteiger partial charge in [-0.3, -0.25) is 4.79 Å². The van der Waals surface area contributed by atoms with E-state index in [1.54, 1.807) is 0 Å². The fraction of sp³-hybridized carbons (Fsp3) is 0.524. The average molecular weight is 369 g/mol. The number of ether oxygens (including phenoxy) is 1. The fourth-order valence-corrected chi connectivity index (χ4v) is 3.92. The molecular weight excluding hydrogens is 342 g/mol. The molecule has 6 nitrogen and oxygen atoms in total. The second-order valence-electron chi connectivity index (χ2n) is 8.07. The molecule has 6 heteroatoms. The van der Waals surface area contributed by atoms with Crippen molar-refractivity contribution in [3.8, 4) is 11.5 Å². The van der Waals surface area contributed by atoms with Gasteiger partial charge in [0.1, 0.15) is 11.5 Å². The maximum absolute atomic E-state index is 13.0. The van der Waals surface area contributed by atoms with Crippen LogP contribution in [0.1, 0.15) is 60.2 Å². The minimum absolute atomic E-state index is 0.112. The first-order chi connectivity index (χ1) is 12.8. The highest BCUT2D eigenvalue weighted by molar-refractivity contribution is 5.85. The lowest BCUT2D eigenvalue weighted by molar-refractivity contribution is -0.137. The van der Waals surface area contributed by atoms with Crippen molar-refractivity contribution in [3.05, 3.63) is 40.5 Å². The number of carbonyl (C=O) groups excluding carboxylic acids is 1. The van der Waals surface area contributed by atoms with Crippen LogP contribution in [-0.4, -0.2) is 26.2 Å². The number of rotatable bonds is 4. The summed E-state index contributed by atoms with van der Waals surface area (Å²) < 4.78 is 8.40. The molecule has 1 atom stereocenters. The van der Waals surface area contributed by atoms with Gasteiger partial charge in [-0.25, -0.2) is 4.98 Å². The van der Waals surface area contributed by atoms with Crippen molar-refractivity contribution < 1.29 is 14.6 Å². The number of aromatic nitrogens is 2. The van der Waals surface area contributed by atoms with Crippen LogP contribution in [-0.2, 0) is 17.8 Å². The predicted molar refractivity (Wildman–Crippen MR) is 102 cm³/mol. The molecule has 1 aromatic heterocycles. The second kappa shape index (κ2) is 6.29. The Morgan fingerprint density at radius 2 is 2.07 bits per heavy atom. The van der Waals surface area contributed by atoms with Gasteiger partial charge < -0.3 is 19.7 Å². The molecule has 2 heterocycles. The molecule has 4 rings (SSSR count). The summed E-state index contributed by atoms with van der Waals surface area (Å²) in [5.74, 6) is 0.963. The summed E-state index contributed by atoms with van der Waals surface area (Å²) in [7, 11) is 0. The van der Waals surface area contributed by atoms with E-state index in [0.29, 0.717) is 31.2 Å². The minimum Gasteiger partial charge on any atom is -0.507 e. The molecule has 0 unspecified atom stereocenters. The minimum atomic E-state index is -0.919. The Bertz CT molecular complexity index is 914. The number of amides is 1. The SMILES string of the molecule is Cc1c(C)c2c(c(C)c1O)CC[C@](C)(C(=O)NCc1cncn1C1CC1)O2. The molecule has 1 aliphatic heterocycles. The Kier molecular flexibility index (Phi) is 4.17. The zero-order valence-corrected chi connectivity index (χ0v) is 16.4. The smallest absolute Gasteiger partial charge is 0.264 e. The van der Waals surface area contributed by atoms with Crippen LogP contribution < -0.4 is 10.1 Å². The van der Waals surface area contributed by atoms with Crippen molar-refractivity contribution in [2.45, 2.75) is 71.6 Å². The summed E-state index contributed by atoms with van der Waals surface area (Å²) in [6, 6.07) is 0.536.